The predicted octanol–water partition coefficient (Wildman–Crippen LogP) is 1.95. The highest BCUT2D eigenvalue weighted by atomic mass is 19.1. The van der Waals surface area contributed by atoms with E-state index < -0.39 is 0 Å². The minimum absolute atomic E-state index is 0.0344. The fourth-order valence-corrected chi connectivity index (χ4v) is 2.22. The summed E-state index contributed by atoms with van der Waals surface area (Å²) in [5, 5.41) is 11.9. The lowest BCUT2D eigenvalue weighted by Gasteiger charge is -2.25. The maximum atomic E-state index is 13.0. The van der Waals surface area contributed by atoms with Gasteiger partial charge < -0.3 is 10.4 Å². The van der Waals surface area contributed by atoms with Crippen LogP contribution in [0.5, 0.6) is 0 Å². The molecule has 1 unspecified atom stereocenters. The van der Waals surface area contributed by atoms with Crippen LogP contribution in [0, 0.1) is 11.7 Å². The van der Waals surface area contributed by atoms with Crippen LogP contribution in [-0.2, 0) is 4.79 Å². The highest BCUT2D eigenvalue weighted by Gasteiger charge is 2.19. The first kappa shape index (κ1) is 17.6. The monoisotopic (exact) mass is 296 g/mol. The largest absolute Gasteiger partial charge is 0.395 e. The molecule has 1 atom stereocenters. The van der Waals surface area contributed by atoms with Gasteiger partial charge in [-0.25, -0.2) is 4.39 Å². The number of likely N-dealkylation sites (N-methyl/N-ethyl adjacent to an activating group) is 1. The molecule has 0 heterocycles. The number of hydrogen-bond acceptors (Lipinski definition) is 3. The van der Waals surface area contributed by atoms with Crippen molar-refractivity contribution in [2.24, 2.45) is 5.92 Å². The van der Waals surface area contributed by atoms with E-state index >= 15 is 0 Å². The van der Waals surface area contributed by atoms with Crippen LogP contribution < -0.4 is 5.32 Å². The van der Waals surface area contributed by atoms with Crippen LogP contribution in [0.1, 0.15) is 32.4 Å². The maximum absolute atomic E-state index is 13.0. The second kappa shape index (κ2) is 8.74. The van der Waals surface area contributed by atoms with Crippen molar-refractivity contribution in [3.8, 4) is 0 Å². The van der Waals surface area contributed by atoms with E-state index in [1.807, 2.05) is 25.7 Å². The molecule has 118 valence electrons. The molecule has 4 nitrogen and oxygen atoms in total. The summed E-state index contributed by atoms with van der Waals surface area (Å²) in [6.07, 6.45) is 0. The molecule has 0 aliphatic rings. The number of hydrogen-bond donors (Lipinski definition) is 2. The fraction of sp³-hybridized carbons (Fsp3) is 0.562. The lowest BCUT2D eigenvalue weighted by atomic mass is 9.96. The van der Waals surface area contributed by atoms with Crippen molar-refractivity contribution in [1.29, 1.82) is 0 Å². The number of carbonyl (C=O) groups is 1. The first-order chi connectivity index (χ1) is 9.97. The zero-order chi connectivity index (χ0) is 15.8. The molecule has 0 aliphatic heterocycles. The van der Waals surface area contributed by atoms with Crippen molar-refractivity contribution in [2.45, 2.75) is 26.8 Å². The number of aliphatic hydroxyl groups excluding tert-OH is 1. The van der Waals surface area contributed by atoms with Crippen LogP contribution in [0.4, 0.5) is 4.39 Å². The van der Waals surface area contributed by atoms with Crippen molar-refractivity contribution in [1.82, 2.24) is 10.2 Å². The summed E-state index contributed by atoms with van der Waals surface area (Å²) < 4.78 is 13.0. The second-order valence-corrected chi connectivity index (χ2v) is 5.43. The molecular weight excluding hydrogens is 271 g/mol. The van der Waals surface area contributed by atoms with Gasteiger partial charge in [-0.15, -0.1) is 0 Å². The average Bonchev–Trinajstić information content (AvgIpc) is 2.45. The Hall–Kier alpha value is -1.46. The number of rotatable bonds is 8. The van der Waals surface area contributed by atoms with E-state index in [1.165, 1.54) is 12.1 Å². The molecule has 2 N–H and O–H groups in total. The molecule has 1 amide bonds. The quantitative estimate of drug-likeness (QED) is 0.771. The van der Waals surface area contributed by atoms with E-state index in [0.29, 0.717) is 13.1 Å². The molecule has 1 aromatic carbocycles. The minimum atomic E-state index is -0.285. The average molecular weight is 296 g/mol. The molecule has 0 radical (unpaired) electrons. The summed E-state index contributed by atoms with van der Waals surface area (Å²) >= 11 is 0. The Balaban J connectivity index is 2.70. The second-order valence-electron chi connectivity index (χ2n) is 5.43. The third-order valence-electron chi connectivity index (χ3n) is 3.44. The minimum Gasteiger partial charge on any atom is -0.395 e. The summed E-state index contributed by atoms with van der Waals surface area (Å²) in [6.45, 7) is 7.44. The molecule has 5 heteroatoms. The molecular formula is C16H25FN2O2. The third-order valence-corrected chi connectivity index (χ3v) is 3.44. The number of carbonyl (C=O) groups excluding carboxylic acids is 1. The van der Waals surface area contributed by atoms with E-state index in [9.17, 15) is 9.18 Å². The summed E-state index contributed by atoms with van der Waals surface area (Å²) in [5.41, 5.74) is 0.893. The number of nitrogens with zero attached hydrogens (tertiary/aromatic N) is 1. The van der Waals surface area contributed by atoms with Gasteiger partial charge in [0.05, 0.1) is 19.2 Å². The Morgan fingerprint density at radius 2 is 1.95 bits per heavy atom. The van der Waals surface area contributed by atoms with E-state index in [0.717, 1.165) is 5.56 Å². The Labute approximate surface area is 126 Å². The molecule has 1 rings (SSSR count). The topological polar surface area (TPSA) is 52.6 Å². The fourth-order valence-electron chi connectivity index (χ4n) is 2.22. The van der Waals surface area contributed by atoms with E-state index in [4.69, 9.17) is 5.11 Å². The molecule has 0 fully saturated rings. The summed E-state index contributed by atoms with van der Waals surface area (Å²) in [7, 11) is 0. The molecule has 1 aromatic rings. The maximum Gasteiger partial charge on any atom is 0.234 e. The van der Waals surface area contributed by atoms with Crippen LogP contribution in [0.3, 0.4) is 0 Å². The van der Waals surface area contributed by atoms with Gasteiger partial charge in [0, 0.05) is 6.54 Å². The Bertz CT molecular complexity index is 434. The van der Waals surface area contributed by atoms with Crippen LogP contribution in [0.25, 0.3) is 0 Å². The number of amides is 1. The van der Waals surface area contributed by atoms with Gasteiger partial charge in [-0.05, 0) is 30.2 Å². The molecule has 0 aliphatic carbocycles. The Morgan fingerprint density at radius 1 is 1.33 bits per heavy atom. The molecule has 0 saturated carbocycles. The van der Waals surface area contributed by atoms with Crippen molar-refractivity contribution < 1.29 is 14.3 Å². The predicted molar refractivity (Wildman–Crippen MR) is 81.3 cm³/mol. The lowest BCUT2D eigenvalue weighted by molar-refractivity contribution is -0.123. The van der Waals surface area contributed by atoms with Crippen molar-refractivity contribution in [3.05, 3.63) is 35.6 Å². The van der Waals surface area contributed by atoms with Gasteiger partial charge >= 0.3 is 0 Å². The van der Waals surface area contributed by atoms with E-state index in [2.05, 4.69) is 5.32 Å². The van der Waals surface area contributed by atoms with Gasteiger partial charge in [-0.3, -0.25) is 9.69 Å². The molecule has 21 heavy (non-hydrogen) atoms. The smallest absolute Gasteiger partial charge is 0.234 e. The Morgan fingerprint density at radius 3 is 2.43 bits per heavy atom. The van der Waals surface area contributed by atoms with E-state index in [-0.39, 0.29) is 36.8 Å². The van der Waals surface area contributed by atoms with Crippen molar-refractivity contribution >= 4 is 5.91 Å². The number of benzene rings is 1. The van der Waals surface area contributed by atoms with Crippen molar-refractivity contribution in [2.75, 3.05) is 26.2 Å². The molecule has 0 spiro atoms. The van der Waals surface area contributed by atoms with Gasteiger partial charge in [-0.1, -0.05) is 32.9 Å². The molecule has 0 saturated heterocycles. The SMILES string of the molecule is CCN(CCO)CC(=O)NC(c1ccc(F)cc1)C(C)C. The standard InChI is InChI=1S/C16H25FN2O2/c1-4-19(9-10-20)11-15(21)18-16(12(2)3)13-5-7-14(17)8-6-13/h5-8,12,16,20H,4,9-11H2,1-3H3,(H,18,21). The highest BCUT2D eigenvalue weighted by molar-refractivity contribution is 5.78. The summed E-state index contributed by atoms with van der Waals surface area (Å²) in [5.74, 6) is -0.173. The number of halogens is 1. The van der Waals surface area contributed by atoms with Gasteiger partial charge in [0.15, 0.2) is 0 Å². The first-order valence-corrected chi connectivity index (χ1v) is 7.36. The number of nitrogens with one attached hydrogen (secondary N) is 1. The van der Waals surface area contributed by atoms with Crippen LogP contribution in [0.2, 0.25) is 0 Å². The zero-order valence-electron chi connectivity index (χ0n) is 13.0. The molecule has 0 aromatic heterocycles. The van der Waals surface area contributed by atoms with Crippen molar-refractivity contribution in [3.63, 3.8) is 0 Å². The normalized spacial score (nSPS) is 12.7. The zero-order valence-corrected chi connectivity index (χ0v) is 13.0. The van der Waals surface area contributed by atoms with Gasteiger partial charge in [-0.2, -0.15) is 0 Å². The Kier molecular flexibility index (Phi) is 7.32. The third kappa shape index (κ3) is 5.81. The van der Waals surface area contributed by atoms with Crippen LogP contribution in [0.15, 0.2) is 24.3 Å². The highest BCUT2D eigenvalue weighted by Crippen LogP contribution is 2.21. The first-order valence-electron chi connectivity index (χ1n) is 7.36. The summed E-state index contributed by atoms with van der Waals surface area (Å²) in [4.78, 5) is 14.0. The van der Waals surface area contributed by atoms with Gasteiger partial charge in [0.25, 0.3) is 0 Å². The van der Waals surface area contributed by atoms with Gasteiger partial charge in [0.2, 0.25) is 5.91 Å². The molecule has 0 bridgehead atoms. The van der Waals surface area contributed by atoms with Crippen LogP contribution >= 0.6 is 0 Å². The lowest BCUT2D eigenvalue weighted by Crippen LogP contribution is -2.41. The number of aliphatic hydroxyl groups is 1. The summed E-state index contributed by atoms with van der Waals surface area (Å²) in [6, 6.07) is 6.06. The van der Waals surface area contributed by atoms with Gasteiger partial charge in [0.1, 0.15) is 5.82 Å². The van der Waals surface area contributed by atoms with Crippen LogP contribution in [-0.4, -0.2) is 42.2 Å². The van der Waals surface area contributed by atoms with E-state index in [1.54, 1.807) is 12.1 Å².